The van der Waals surface area contributed by atoms with E-state index in [4.69, 9.17) is 11.6 Å². The summed E-state index contributed by atoms with van der Waals surface area (Å²) in [5, 5.41) is 18.9. The second kappa shape index (κ2) is 9.47. The van der Waals surface area contributed by atoms with Crippen LogP contribution in [0.25, 0.3) is 0 Å². The first kappa shape index (κ1) is 22.6. The van der Waals surface area contributed by atoms with Crippen LogP contribution in [-0.4, -0.2) is 35.0 Å². The molecule has 4 rings (SSSR count). The number of carbonyl (C=O) groups excluding carboxylic acids is 1. The van der Waals surface area contributed by atoms with Gasteiger partial charge in [0.2, 0.25) is 0 Å². The van der Waals surface area contributed by atoms with Crippen LogP contribution in [0.4, 0.5) is 14.5 Å². The standard InChI is InChI=1S/C25H20ClF2N3O2/c26-22-12-19(7-4-17(22)13-29)31(14-18-2-1-3-23(27)24(18)28)20-10-11-30(15-20)25(33)16-5-8-21(32)9-6-16/h1-9,12,20,32H,10-11,14-15H2/t20-/m0/s1. The van der Waals surface area contributed by atoms with E-state index < -0.39 is 11.6 Å². The van der Waals surface area contributed by atoms with Crippen LogP contribution in [0.3, 0.4) is 0 Å². The van der Waals surface area contributed by atoms with E-state index >= 15 is 0 Å². The highest BCUT2D eigenvalue weighted by molar-refractivity contribution is 6.32. The summed E-state index contributed by atoms with van der Waals surface area (Å²) < 4.78 is 28.3. The van der Waals surface area contributed by atoms with Crippen LogP contribution < -0.4 is 4.90 Å². The zero-order valence-corrected chi connectivity index (χ0v) is 18.3. The molecule has 3 aromatic carbocycles. The van der Waals surface area contributed by atoms with Crippen molar-refractivity contribution in [1.29, 1.82) is 5.26 Å². The summed E-state index contributed by atoms with van der Waals surface area (Å²) in [6, 6.07) is 16.8. The molecule has 33 heavy (non-hydrogen) atoms. The fraction of sp³-hybridized carbons (Fsp3) is 0.200. The Morgan fingerprint density at radius 1 is 1.18 bits per heavy atom. The van der Waals surface area contributed by atoms with Gasteiger partial charge in [-0.25, -0.2) is 8.78 Å². The van der Waals surface area contributed by atoms with Crippen LogP contribution in [0.15, 0.2) is 60.7 Å². The van der Waals surface area contributed by atoms with Crippen LogP contribution in [0.5, 0.6) is 5.75 Å². The number of nitrogens with zero attached hydrogens (tertiary/aromatic N) is 3. The van der Waals surface area contributed by atoms with Crippen LogP contribution >= 0.6 is 11.6 Å². The highest BCUT2D eigenvalue weighted by atomic mass is 35.5. The molecular formula is C25H20ClF2N3O2. The number of phenolic OH excluding ortho intramolecular Hbond substituents is 1. The summed E-state index contributed by atoms with van der Waals surface area (Å²) in [5.74, 6) is -1.95. The number of phenols is 1. The summed E-state index contributed by atoms with van der Waals surface area (Å²) in [4.78, 5) is 16.5. The molecule has 1 heterocycles. The predicted molar refractivity (Wildman–Crippen MR) is 121 cm³/mol. The van der Waals surface area contributed by atoms with E-state index in [1.165, 1.54) is 24.3 Å². The zero-order valence-electron chi connectivity index (χ0n) is 17.5. The third-order valence-corrected chi connectivity index (χ3v) is 6.10. The van der Waals surface area contributed by atoms with Gasteiger partial charge in [0.1, 0.15) is 11.8 Å². The summed E-state index contributed by atoms with van der Waals surface area (Å²) in [7, 11) is 0. The van der Waals surface area contributed by atoms with Crippen LogP contribution in [0.2, 0.25) is 5.02 Å². The molecule has 0 radical (unpaired) electrons. The second-order valence-electron chi connectivity index (χ2n) is 7.86. The molecule has 1 aliphatic heterocycles. The van der Waals surface area contributed by atoms with Crippen molar-refractivity contribution in [2.45, 2.75) is 19.0 Å². The van der Waals surface area contributed by atoms with Gasteiger partial charge in [0.05, 0.1) is 10.6 Å². The van der Waals surface area contributed by atoms with E-state index in [-0.39, 0.29) is 34.8 Å². The van der Waals surface area contributed by atoms with E-state index in [1.54, 1.807) is 35.2 Å². The van der Waals surface area contributed by atoms with Gasteiger partial charge in [-0.2, -0.15) is 5.26 Å². The van der Waals surface area contributed by atoms with Crippen molar-refractivity contribution in [2.75, 3.05) is 18.0 Å². The topological polar surface area (TPSA) is 67.6 Å². The Hall–Kier alpha value is -3.63. The van der Waals surface area contributed by atoms with Crippen molar-refractivity contribution >= 4 is 23.2 Å². The van der Waals surface area contributed by atoms with Crippen molar-refractivity contribution in [1.82, 2.24) is 4.90 Å². The number of nitriles is 1. The lowest BCUT2D eigenvalue weighted by Gasteiger charge is -2.32. The molecule has 5 nitrogen and oxygen atoms in total. The highest BCUT2D eigenvalue weighted by Crippen LogP contribution is 2.30. The minimum Gasteiger partial charge on any atom is -0.508 e. The largest absolute Gasteiger partial charge is 0.508 e. The Bertz CT molecular complexity index is 1230. The van der Waals surface area contributed by atoms with Crippen LogP contribution in [0.1, 0.15) is 27.9 Å². The third-order valence-electron chi connectivity index (χ3n) is 5.78. The summed E-state index contributed by atoms with van der Waals surface area (Å²) >= 11 is 6.24. The Kier molecular flexibility index (Phi) is 6.47. The second-order valence-corrected chi connectivity index (χ2v) is 8.26. The molecule has 168 valence electrons. The van der Waals surface area contributed by atoms with Crippen molar-refractivity contribution < 1.29 is 18.7 Å². The fourth-order valence-corrected chi connectivity index (χ4v) is 4.24. The van der Waals surface area contributed by atoms with Gasteiger partial charge in [-0.1, -0.05) is 23.7 Å². The van der Waals surface area contributed by atoms with Crippen molar-refractivity contribution in [2.24, 2.45) is 0 Å². The van der Waals surface area contributed by atoms with Crippen molar-refractivity contribution in [3.63, 3.8) is 0 Å². The number of likely N-dealkylation sites (tertiary alicyclic amines) is 1. The van der Waals surface area contributed by atoms with Gasteiger partial charge < -0.3 is 14.9 Å². The average molecular weight is 468 g/mol. The maximum absolute atomic E-state index is 14.5. The quantitative estimate of drug-likeness (QED) is 0.565. The molecule has 0 spiro atoms. The van der Waals surface area contributed by atoms with Gasteiger partial charge in [-0.05, 0) is 55.0 Å². The molecule has 1 amide bonds. The Morgan fingerprint density at radius 3 is 2.64 bits per heavy atom. The lowest BCUT2D eigenvalue weighted by molar-refractivity contribution is 0.0790. The third kappa shape index (κ3) is 4.76. The lowest BCUT2D eigenvalue weighted by Crippen LogP contribution is -2.39. The minimum atomic E-state index is -0.930. The highest BCUT2D eigenvalue weighted by Gasteiger charge is 2.32. The van der Waals surface area contributed by atoms with Gasteiger partial charge in [0.15, 0.2) is 11.6 Å². The molecule has 0 bridgehead atoms. The zero-order chi connectivity index (χ0) is 23.5. The SMILES string of the molecule is N#Cc1ccc(N(Cc2cccc(F)c2F)[C@H]2CCN(C(=O)c3ccc(O)cc3)C2)cc1Cl. The van der Waals surface area contributed by atoms with Crippen molar-refractivity contribution in [3.8, 4) is 11.8 Å². The van der Waals surface area contributed by atoms with E-state index in [1.807, 2.05) is 11.0 Å². The number of hydrogen-bond acceptors (Lipinski definition) is 4. The summed E-state index contributed by atoms with van der Waals surface area (Å²) in [6.07, 6.45) is 0.610. The van der Waals surface area contributed by atoms with E-state index in [0.29, 0.717) is 36.3 Å². The maximum atomic E-state index is 14.5. The number of hydrogen-bond donors (Lipinski definition) is 1. The number of carbonyl (C=O) groups is 1. The molecule has 1 saturated heterocycles. The number of halogens is 3. The van der Waals surface area contributed by atoms with E-state index in [0.717, 1.165) is 6.07 Å². The van der Waals surface area contributed by atoms with Crippen LogP contribution in [0, 0.1) is 23.0 Å². The maximum Gasteiger partial charge on any atom is 0.253 e. The first-order chi connectivity index (χ1) is 15.9. The number of anilines is 1. The lowest BCUT2D eigenvalue weighted by atomic mass is 10.1. The number of aromatic hydroxyl groups is 1. The molecule has 1 N–H and O–H groups in total. The van der Waals surface area contributed by atoms with E-state index in [2.05, 4.69) is 0 Å². The molecule has 0 aliphatic carbocycles. The smallest absolute Gasteiger partial charge is 0.253 e. The predicted octanol–water partition coefficient (Wildman–Crippen LogP) is 5.12. The Morgan fingerprint density at radius 2 is 1.94 bits per heavy atom. The van der Waals surface area contributed by atoms with Crippen LogP contribution in [-0.2, 0) is 6.54 Å². The molecule has 0 saturated carbocycles. The Balaban J connectivity index is 1.62. The average Bonchev–Trinajstić information content (AvgIpc) is 3.30. The monoisotopic (exact) mass is 467 g/mol. The number of amides is 1. The van der Waals surface area contributed by atoms with E-state index in [9.17, 15) is 23.9 Å². The van der Waals surface area contributed by atoms with Gasteiger partial charge in [-0.15, -0.1) is 0 Å². The number of rotatable bonds is 5. The molecule has 0 aromatic heterocycles. The minimum absolute atomic E-state index is 0.0672. The fourth-order valence-electron chi connectivity index (χ4n) is 4.03. The molecule has 3 aromatic rings. The Labute approximate surface area is 195 Å². The van der Waals surface area contributed by atoms with Crippen molar-refractivity contribution in [3.05, 3.63) is 94.0 Å². The molecule has 1 fully saturated rings. The molecule has 1 aliphatic rings. The first-order valence-corrected chi connectivity index (χ1v) is 10.7. The van der Waals surface area contributed by atoms with Gasteiger partial charge in [0.25, 0.3) is 5.91 Å². The normalized spacial score (nSPS) is 15.3. The molecule has 0 unspecified atom stereocenters. The van der Waals surface area contributed by atoms with Gasteiger partial charge in [-0.3, -0.25) is 4.79 Å². The first-order valence-electron chi connectivity index (χ1n) is 10.3. The molecule has 1 atom stereocenters. The molecular weight excluding hydrogens is 448 g/mol. The summed E-state index contributed by atoms with van der Waals surface area (Å²) in [5.41, 5.74) is 1.59. The van der Waals surface area contributed by atoms with Gasteiger partial charge >= 0.3 is 0 Å². The number of benzene rings is 3. The molecule has 8 heteroatoms. The van der Waals surface area contributed by atoms with Gasteiger partial charge in [0, 0.05) is 42.5 Å². The summed E-state index contributed by atoms with van der Waals surface area (Å²) in [6.45, 7) is 0.919.